The number of amides is 1. The normalized spacial score (nSPS) is 15.7. The third-order valence-electron chi connectivity index (χ3n) is 4.27. The lowest BCUT2D eigenvalue weighted by atomic mass is 10.2. The van der Waals surface area contributed by atoms with Crippen molar-refractivity contribution >= 4 is 21.6 Å². The fraction of sp³-hybridized carbons (Fsp3) is 0.562. The molecule has 134 valence electrons. The Morgan fingerprint density at radius 3 is 2.25 bits per heavy atom. The van der Waals surface area contributed by atoms with Crippen LogP contribution in [0.5, 0.6) is 5.75 Å². The number of likely N-dealkylation sites (N-methyl/N-ethyl adjacent to an activating group) is 1. The molecule has 0 aliphatic carbocycles. The van der Waals surface area contributed by atoms with Gasteiger partial charge in [0.25, 0.3) is 0 Å². The van der Waals surface area contributed by atoms with Crippen molar-refractivity contribution in [3.63, 3.8) is 0 Å². The topological polar surface area (TPSA) is 70.2 Å². The Hall–Kier alpha value is -1.80. The molecule has 1 fully saturated rings. The largest absolute Gasteiger partial charge is 0.497 e. The van der Waals surface area contributed by atoms with Gasteiger partial charge < -0.3 is 14.5 Å². The van der Waals surface area contributed by atoms with Gasteiger partial charge in [0.1, 0.15) is 5.75 Å². The first-order chi connectivity index (χ1) is 11.4. The first-order valence-electron chi connectivity index (χ1n) is 7.98. The second kappa shape index (κ2) is 7.85. The lowest BCUT2D eigenvalue weighted by Gasteiger charge is -2.36. The SMILES string of the molecule is CCS(=O)(=O)N(C)CC(=O)N1CCN(c2ccc(OC)cc2)CC1. The van der Waals surface area contributed by atoms with Crippen LogP contribution in [0.3, 0.4) is 0 Å². The molecule has 0 unspecified atom stereocenters. The van der Waals surface area contributed by atoms with E-state index < -0.39 is 10.0 Å². The second-order valence-corrected chi connectivity index (χ2v) is 8.09. The van der Waals surface area contributed by atoms with Gasteiger partial charge in [0.05, 0.1) is 19.4 Å². The van der Waals surface area contributed by atoms with Gasteiger partial charge >= 0.3 is 0 Å². The highest BCUT2D eigenvalue weighted by molar-refractivity contribution is 7.89. The van der Waals surface area contributed by atoms with E-state index in [1.54, 1.807) is 18.9 Å². The van der Waals surface area contributed by atoms with Crippen molar-refractivity contribution < 1.29 is 17.9 Å². The predicted molar refractivity (Wildman–Crippen MR) is 93.9 cm³/mol. The van der Waals surface area contributed by atoms with Crippen LogP contribution in [0.15, 0.2) is 24.3 Å². The van der Waals surface area contributed by atoms with E-state index in [-0.39, 0.29) is 18.2 Å². The number of nitrogens with zero attached hydrogens (tertiary/aromatic N) is 3. The summed E-state index contributed by atoms with van der Waals surface area (Å²) in [5, 5.41) is 0. The molecule has 0 atom stereocenters. The van der Waals surface area contributed by atoms with Gasteiger partial charge in [-0.2, -0.15) is 4.31 Å². The number of carbonyl (C=O) groups is 1. The first-order valence-corrected chi connectivity index (χ1v) is 9.59. The summed E-state index contributed by atoms with van der Waals surface area (Å²) in [7, 11) is -0.246. The van der Waals surface area contributed by atoms with Gasteiger partial charge in [-0.3, -0.25) is 4.79 Å². The maximum atomic E-state index is 12.3. The predicted octanol–water partition coefficient (Wildman–Crippen LogP) is 0.625. The van der Waals surface area contributed by atoms with Gasteiger partial charge in [0.2, 0.25) is 15.9 Å². The van der Waals surface area contributed by atoms with E-state index >= 15 is 0 Å². The van der Waals surface area contributed by atoms with Crippen LogP contribution >= 0.6 is 0 Å². The molecular weight excluding hydrogens is 330 g/mol. The molecule has 1 aliphatic heterocycles. The van der Waals surface area contributed by atoms with Gasteiger partial charge in [0.15, 0.2) is 0 Å². The molecule has 0 spiro atoms. The number of benzene rings is 1. The van der Waals surface area contributed by atoms with Gasteiger partial charge in [-0.25, -0.2) is 8.42 Å². The molecule has 1 saturated heterocycles. The van der Waals surface area contributed by atoms with Crippen LogP contribution in [0.4, 0.5) is 5.69 Å². The van der Waals surface area contributed by atoms with E-state index in [1.807, 2.05) is 24.3 Å². The Morgan fingerprint density at radius 2 is 1.75 bits per heavy atom. The Labute approximate surface area is 143 Å². The lowest BCUT2D eigenvalue weighted by Crippen LogP contribution is -2.51. The Kier molecular flexibility index (Phi) is 6.06. The molecule has 0 radical (unpaired) electrons. The molecule has 0 N–H and O–H groups in total. The van der Waals surface area contributed by atoms with E-state index in [1.165, 1.54) is 7.05 Å². The minimum atomic E-state index is -3.33. The molecule has 1 aromatic carbocycles. The molecule has 2 rings (SSSR count). The summed E-state index contributed by atoms with van der Waals surface area (Å²) >= 11 is 0. The molecule has 8 heteroatoms. The zero-order valence-corrected chi connectivity index (χ0v) is 15.3. The second-order valence-electron chi connectivity index (χ2n) is 5.72. The van der Waals surface area contributed by atoms with E-state index in [0.717, 1.165) is 28.8 Å². The Morgan fingerprint density at radius 1 is 1.17 bits per heavy atom. The molecule has 0 aromatic heterocycles. The van der Waals surface area contributed by atoms with Crippen molar-refractivity contribution in [3.8, 4) is 5.75 Å². The van der Waals surface area contributed by atoms with Gasteiger partial charge in [-0.15, -0.1) is 0 Å². The number of carbonyl (C=O) groups excluding carboxylic acids is 1. The van der Waals surface area contributed by atoms with E-state index in [0.29, 0.717) is 13.1 Å². The van der Waals surface area contributed by atoms with Crippen molar-refractivity contribution in [2.75, 3.05) is 57.5 Å². The zero-order chi connectivity index (χ0) is 17.7. The van der Waals surface area contributed by atoms with Crippen molar-refractivity contribution in [2.45, 2.75) is 6.92 Å². The highest BCUT2D eigenvalue weighted by Crippen LogP contribution is 2.20. The molecule has 24 heavy (non-hydrogen) atoms. The summed E-state index contributed by atoms with van der Waals surface area (Å²) in [6, 6.07) is 7.82. The van der Waals surface area contributed by atoms with Crippen molar-refractivity contribution in [1.29, 1.82) is 0 Å². The molecule has 0 saturated carbocycles. The number of methoxy groups -OCH3 is 1. The molecule has 1 aliphatic rings. The number of ether oxygens (including phenoxy) is 1. The van der Waals surface area contributed by atoms with Gasteiger partial charge in [-0.1, -0.05) is 0 Å². The van der Waals surface area contributed by atoms with Crippen LogP contribution in [-0.4, -0.2) is 76.2 Å². The maximum absolute atomic E-state index is 12.3. The number of hydrogen-bond donors (Lipinski definition) is 0. The number of hydrogen-bond acceptors (Lipinski definition) is 5. The summed E-state index contributed by atoms with van der Waals surface area (Å²) in [6.07, 6.45) is 0. The van der Waals surface area contributed by atoms with Crippen molar-refractivity contribution in [1.82, 2.24) is 9.21 Å². The molecule has 1 heterocycles. The third kappa shape index (κ3) is 4.39. The third-order valence-corrected chi connectivity index (χ3v) is 6.08. The molecule has 1 amide bonds. The van der Waals surface area contributed by atoms with Crippen LogP contribution in [-0.2, 0) is 14.8 Å². The fourth-order valence-electron chi connectivity index (χ4n) is 2.62. The van der Waals surface area contributed by atoms with E-state index in [9.17, 15) is 13.2 Å². The minimum Gasteiger partial charge on any atom is -0.497 e. The summed E-state index contributed by atoms with van der Waals surface area (Å²) in [6.45, 7) is 4.10. The lowest BCUT2D eigenvalue weighted by molar-refractivity contribution is -0.131. The Bertz CT molecular complexity index is 652. The average molecular weight is 355 g/mol. The highest BCUT2D eigenvalue weighted by atomic mass is 32.2. The van der Waals surface area contributed by atoms with Gasteiger partial charge in [0, 0.05) is 38.9 Å². The first kappa shape index (κ1) is 18.5. The number of piperazine rings is 1. The number of rotatable bonds is 6. The zero-order valence-electron chi connectivity index (χ0n) is 14.4. The fourth-order valence-corrected chi connectivity index (χ4v) is 3.36. The van der Waals surface area contributed by atoms with E-state index in [2.05, 4.69) is 4.90 Å². The maximum Gasteiger partial charge on any atom is 0.238 e. The molecule has 1 aromatic rings. The van der Waals surface area contributed by atoms with Crippen LogP contribution in [0.2, 0.25) is 0 Å². The summed E-state index contributed by atoms with van der Waals surface area (Å²) in [4.78, 5) is 16.2. The van der Waals surface area contributed by atoms with Crippen LogP contribution in [0.1, 0.15) is 6.92 Å². The highest BCUT2D eigenvalue weighted by Gasteiger charge is 2.25. The smallest absolute Gasteiger partial charge is 0.238 e. The van der Waals surface area contributed by atoms with Crippen molar-refractivity contribution in [3.05, 3.63) is 24.3 Å². The van der Waals surface area contributed by atoms with Crippen LogP contribution in [0.25, 0.3) is 0 Å². The average Bonchev–Trinajstić information content (AvgIpc) is 2.61. The summed E-state index contributed by atoms with van der Waals surface area (Å²) < 4.78 is 29.8. The quantitative estimate of drug-likeness (QED) is 0.748. The minimum absolute atomic E-state index is 0.00201. The monoisotopic (exact) mass is 355 g/mol. The molecular formula is C16H25N3O4S. The van der Waals surface area contributed by atoms with E-state index in [4.69, 9.17) is 4.74 Å². The number of anilines is 1. The molecule has 0 bridgehead atoms. The Balaban J connectivity index is 1.88. The van der Waals surface area contributed by atoms with Gasteiger partial charge in [-0.05, 0) is 31.2 Å². The standard InChI is InChI=1S/C16H25N3O4S/c1-4-24(21,22)17(2)13-16(20)19-11-9-18(10-12-19)14-5-7-15(23-3)8-6-14/h5-8H,4,9-13H2,1-3H3. The summed E-state index contributed by atoms with van der Waals surface area (Å²) in [5.74, 6) is 0.666. The number of sulfonamides is 1. The summed E-state index contributed by atoms with van der Waals surface area (Å²) in [5.41, 5.74) is 1.09. The van der Waals surface area contributed by atoms with Crippen LogP contribution in [0, 0.1) is 0 Å². The van der Waals surface area contributed by atoms with Crippen molar-refractivity contribution in [2.24, 2.45) is 0 Å². The molecule has 7 nitrogen and oxygen atoms in total. The van der Waals surface area contributed by atoms with Crippen LogP contribution < -0.4 is 9.64 Å².